The Morgan fingerprint density at radius 1 is 1.25 bits per heavy atom. The molecular weight excluding hydrogens is 206 g/mol. The summed E-state index contributed by atoms with van der Waals surface area (Å²) in [5.74, 6) is 1.51. The molecule has 16 heavy (non-hydrogen) atoms. The fourth-order valence-electron chi connectivity index (χ4n) is 1.77. The van der Waals surface area contributed by atoms with E-state index in [-0.39, 0.29) is 0 Å². The van der Waals surface area contributed by atoms with Crippen LogP contribution in [0, 0.1) is 0 Å². The average Bonchev–Trinajstić information content (AvgIpc) is 3.01. The first-order chi connectivity index (χ1) is 7.93. The first kappa shape index (κ1) is 9.34. The number of nitrogens with one attached hydrogen (secondary N) is 3. The van der Waals surface area contributed by atoms with Crippen molar-refractivity contribution in [3.05, 3.63) is 12.4 Å². The third-order valence-electron chi connectivity index (χ3n) is 2.65. The van der Waals surface area contributed by atoms with E-state index >= 15 is 0 Å². The quantitative estimate of drug-likeness (QED) is 0.640. The molecule has 1 fully saturated rings. The highest BCUT2D eigenvalue weighted by atomic mass is 15.4. The Labute approximate surface area is 92.3 Å². The molecule has 0 spiro atoms. The van der Waals surface area contributed by atoms with E-state index in [0.29, 0.717) is 0 Å². The van der Waals surface area contributed by atoms with E-state index in [4.69, 9.17) is 0 Å². The molecule has 0 saturated carbocycles. The minimum Gasteiger partial charge on any atom is -0.337 e. The summed E-state index contributed by atoms with van der Waals surface area (Å²) in [7, 11) is 0. The van der Waals surface area contributed by atoms with Gasteiger partial charge in [0.05, 0.1) is 11.8 Å². The van der Waals surface area contributed by atoms with Crippen LogP contribution in [0.2, 0.25) is 0 Å². The van der Waals surface area contributed by atoms with Crippen molar-refractivity contribution in [3.63, 3.8) is 0 Å². The fraction of sp³-hybridized carbons (Fsp3) is 0.444. The number of nitrogens with zero attached hydrogens (tertiary/aromatic N) is 4. The molecule has 1 saturated heterocycles. The van der Waals surface area contributed by atoms with Crippen LogP contribution in [0.25, 0.3) is 11.4 Å². The molecule has 0 bridgehead atoms. The average molecular weight is 219 g/mol. The predicted molar refractivity (Wildman–Crippen MR) is 59.0 cm³/mol. The van der Waals surface area contributed by atoms with Crippen molar-refractivity contribution < 1.29 is 0 Å². The lowest BCUT2D eigenvalue weighted by Crippen LogP contribution is -2.44. The van der Waals surface area contributed by atoms with Crippen molar-refractivity contribution in [2.45, 2.75) is 0 Å². The molecule has 3 rings (SSSR count). The van der Waals surface area contributed by atoms with Crippen LogP contribution in [0.15, 0.2) is 12.4 Å². The maximum Gasteiger partial charge on any atom is 0.245 e. The van der Waals surface area contributed by atoms with Gasteiger partial charge in [0, 0.05) is 32.4 Å². The summed E-state index contributed by atoms with van der Waals surface area (Å²) in [5, 5.41) is 17.1. The highest BCUT2D eigenvalue weighted by molar-refractivity contribution is 5.53. The van der Waals surface area contributed by atoms with Crippen LogP contribution in [0.1, 0.15) is 0 Å². The molecule has 0 radical (unpaired) electrons. The lowest BCUT2D eigenvalue weighted by Gasteiger charge is -2.25. The number of aromatic amines is 2. The Kier molecular flexibility index (Phi) is 2.30. The second-order valence-corrected chi connectivity index (χ2v) is 3.71. The van der Waals surface area contributed by atoms with Crippen LogP contribution in [0.3, 0.4) is 0 Å². The van der Waals surface area contributed by atoms with Gasteiger partial charge in [-0.15, -0.1) is 5.10 Å². The number of hydrogen-bond acceptors (Lipinski definition) is 5. The molecule has 7 nitrogen and oxygen atoms in total. The van der Waals surface area contributed by atoms with E-state index in [1.165, 1.54) is 0 Å². The van der Waals surface area contributed by atoms with Crippen LogP contribution in [0.4, 0.5) is 5.95 Å². The molecule has 2 aromatic rings. The summed E-state index contributed by atoms with van der Waals surface area (Å²) in [4.78, 5) is 6.61. The summed E-state index contributed by atoms with van der Waals surface area (Å²) >= 11 is 0. The lowest BCUT2D eigenvalue weighted by molar-refractivity contribution is 0.580. The Morgan fingerprint density at radius 3 is 2.88 bits per heavy atom. The number of aromatic nitrogens is 5. The molecule has 1 aliphatic rings. The molecule has 0 aliphatic carbocycles. The van der Waals surface area contributed by atoms with Gasteiger partial charge >= 0.3 is 0 Å². The van der Waals surface area contributed by atoms with Crippen LogP contribution in [0.5, 0.6) is 0 Å². The summed E-state index contributed by atoms with van der Waals surface area (Å²) in [6.07, 6.45) is 3.52. The first-order valence-electron chi connectivity index (χ1n) is 5.31. The smallest absolute Gasteiger partial charge is 0.245 e. The van der Waals surface area contributed by atoms with Gasteiger partial charge in [-0.25, -0.2) is 0 Å². The standard InChI is InChI=1S/C9H13N7/c1-3-16(4-2-10-1)9-13-8(14-15-9)7-5-11-12-6-7/h5-6,10H,1-4H2,(H,11,12)(H,13,14,15). The van der Waals surface area contributed by atoms with Crippen molar-refractivity contribution in [1.29, 1.82) is 0 Å². The molecule has 7 heteroatoms. The van der Waals surface area contributed by atoms with Crippen molar-refractivity contribution in [3.8, 4) is 11.4 Å². The minimum absolute atomic E-state index is 0.752. The third kappa shape index (κ3) is 1.65. The first-order valence-corrected chi connectivity index (χ1v) is 5.31. The van der Waals surface area contributed by atoms with Gasteiger partial charge in [0.25, 0.3) is 0 Å². The summed E-state index contributed by atoms with van der Waals surface area (Å²) in [5.41, 5.74) is 0.925. The van der Waals surface area contributed by atoms with E-state index in [9.17, 15) is 0 Å². The normalized spacial score (nSPS) is 16.6. The zero-order valence-electron chi connectivity index (χ0n) is 8.77. The highest BCUT2D eigenvalue weighted by Crippen LogP contribution is 2.15. The summed E-state index contributed by atoms with van der Waals surface area (Å²) < 4.78 is 0. The summed E-state index contributed by atoms with van der Waals surface area (Å²) in [6.45, 7) is 3.86. The van der Waals surface area contributed by atoms with E-state index in [1.807, 2.05) is 0 Å². The second-order valence-electron chi connectivity index (χ2n) is 3.71. The largest absolute Gasteiger partial charge is 0.337 e. The molecule has 0 amide bonds. The van der Waals surface area contributed by atoms with Gasteiger partial charge in [-0.1, -0.05) is 0 Å². The molecule has 0 unspecified atom stereocenters. The van der Waals surface area contributed by atoms with Crippen molar-refractivity contribution in [2.75, 3.05) is 31.1 Å². The summed E-state index contributed by atoms with van der Waals surface area (Å²) in [6, 6.07) is 0. The molecule has 2 aromatic heterocycles. The zero-order valence-corrected chi connectivity index (χ0v) is 8.77. The number of hydrogen-bond donors (Lipinski definition) is 3. The second kappa shape index (κ2) is 3.93. The van der Waals surface area contributed by atoms with Crippen LogP contribution in [-0.2, 0) is 0 Å². The molecule has 0 aromatic carbocycles. The van der Waals surface area contributed by atoms with E-state index in [1.54, 1.807) is 12.4 Å². The van der Waals surface area contributed by atoms with Gasteiger partial charge < -0.3 is 10.2 Å². The lowest BCUT2D eigenvalue weighted by atomic mass is 10.3. The van der Waals surface area contributed by atoms with Gasteiger partial charge in [-0.05, 0) is 0 Å². The Hall–Kier alpha value is -1.89. The maximum absolute atomic E-state index is 4.45. The third-order valence-corrected chi connectivity index (χ3v) is 2.65. The topological polar surface area (TPSA) is 85.5 Å². The van der Waals surface area contributed by atoms with Crippen LogP contribution < -0.4 is 10.2 Å². The van der Waals surface area contributed by atoms with Crippen molar-refractivity contribution in [1.82, 2.24) is 30.7 Å². The SMILES string of the molecule is c1n[nH]cc1-c1nc(N2CCNCC2)n[nH]1. The number of rotatable bonds is 2. The molecule has 3 heterocycles. The minimum atomic E-state index is 0.752. The van der Waals surface area contributed by atoms with Gasteiger partial charge in [-0.3, -0.25) is 10.2 Å². The van der Waals surface area contributed by atoms with E-state index < -0.39 is 0 Å². The molecule has 84 valence electrons. The number of anilines is 1. The van der Waals surface area contributed by atoms with Gasteiger partial charge in [0.1, 0.15) is 0 Å². The Balaban J connectivity index is 1.82. The van der Waals surface area contributed by atoms with Crippen LogP contribution >= 0.6 is 0 Å². The fourth-order valence-corrected chi connectivity index (χ4v) is 1.77. The van der Waals surface area contributed by atoms with Crippen molar-refractivity contribution in [2.24, 2.45) is 0 Å². The number of H-pyrrole nitrogens is 2. The Bertz CT molecular complexity index is 440. The maximum atomic E-state index is 4.45. The monoisotopic (exact) mass is 219 g/mol. The van der Waals surface area contributed by atoms with Gasteiger partial charge in [-0.2, -0.15) is 10.1 Å². The molecule has 1 aliphatic heterocycles. The highest BCUT2D eigenvalue weighted by Gasteiger charge is 2.15. The predicted octanol–water partition coefficient (Wildman–Crippen LogP) is -0.396. The Morgan fingerprint density at radius 2 is 2.12 bits per heavy atom. The van der Waals surface area contributed by atoms with Gasteiger partial charge in [0.2, 0.25) is 5.95 Å². The number of piperazine rings is 1. The van der Waals surface area contributed by atoms with E-state index in [0.717, 1.165) is 43.5 Å². The van der Waals surface area contributed by atoms with Crippen LogP contribution in [-0.4, -0.2) is 51.6 Å². The van der Waals surface area contributed by atoms with E-state index in [2.05, 4.69) is 35.6 Å². The molecule has 3 N–H and O–H groups in total. The van der Waals surface area contributed by atoms with Gasteiger partial charge in [0.15, 0.2) is 5.82 Å². The van der Waals surface area contributed by atoms with Crippen molar-refractivity contribution >= 4 is 5.95 Å². The molecule has 0 atom stereocenters. The molecular formula is C9H13N7. The zero-order chi connectivity index (χ0) is 10.8.